The molecular weight excluding hydrogens is 320 g/mol. The number of nitrogens with zero attached hydrogens (tertiary/aromatic N) is 1. The molecule has 0 aliphatic heterocycles. The third kappa shape index (κ3) is 4.57. The zero-order valence-electron chi connectivity index (χ0n) is 12.2. The number of amides is 1. The van der Waals surface area contributed by atoms with Crippen LogP contribution in [0.25, 0.3) is 0 Å². The number of aliphatic carboxylic acids is 1. The summed E-state index contributed by atoms with van der Waals surface area (Å²) in [4.78, 5) is 28.0. The Kier molecular flexibility index (Phi) is 5.57. The van der Waals surface area contributed by atoms with E-state index < -0.39 is 12.0 Å². The van der Waals surface area contributed by atoms with Crippen LogP contribution in [0.1, 0.15) is 28.0 Å². The lowest BCUT2D eigenvalue weighted by Crippen LogP contribution is -2.38. The van der Waals surface area contributed by atoms with Crippen LogP contribution in [0.5, 0.6) is 0 Å². The second-order valence-electron chi connectivity index (χ2n) is 4.70. The molecule has 2 aromatic rings. The highest BCUT2D eigenvalue weighted by Crippen LogP contribution is 2.23. The summed E-state index contributed by atoms with van der Waals surface area (Å²) in [6.45, 7) is 3.41. The van der Waals surface area contributed by atoms with Gasteiger partial charge in [0.1, 0.15) is 6.04 Å². The standard InChI is InChI=1S/C15H16N2O3S2/c1-9(15(19)20)16-14(18)11-3-5-13(6-4-11)22-8-12-7-21-10(2)17-12/h3-7,9H,8H2,1-2H3,(H,16,18)(H,19,20)/t9-/m0/s1. The molecule has 0 saturated carbocycles. The van der Waals surface area contributed by atoms with Gasteiger partial charge in [-0.1, -0.05) is 0 Å². The van der Waals surface area contributed by atoms with Crippen LogP contribution >= 0.6 is 23.1 Å². The number of hydrogen-bond donors (Lipinski definition) is 2. The van der Waals surface area contributed by atoms with Crippen molar-refractivity contribution in [2.75, 3.05) is 0 Å². The Hall–Kier alpha value is -1.86. The van der Waals surface area contributed by atoms with Crippen LogP contribution in [0, 0.1) is 6.92 Å². The maximum absolute atomic E-state index is 11.9. The molecule has 0 saturated heterocycles. The first-order valence-electron chi connectivity index (χ1n) is 6.63. The Morgan fingerprint density at radius 2 is 2.05 bits per heavy atom. The van der Waals surface area contributed by atoms with Gasteiger partial charge >= 0.3 is 5.97 Å². The lowest BCUT2D eigenvalue weighted by Gasteiger charge is -2.09. The van der Waals surface area contributed by atoms with Gasteiger partial charge in [0.2, 0.25) is 0 Å². The average molecular weight is 336 g/mol. The molecule has 1 atom stereocenters. The summed E-state index contributed by atoms with van der Waals surface area (Å²) in [6.07, 6.45) is 0. The van der Waals surface area contributed by atoms with E-state index in [9.17, 15) is 9.59 Å². The quantitative estimate of drug-likeness (QED) is 0.793. The number of aromatic nitrogens is 1. The van der Waals surface area contributed by atoms with Gasteiger partial charge in [0, 0.05) is 21.6 Å². The fraction of sp³-hybridized carbons (Fsp3) is 0.267. The smallest absolute Gasteiger partial charge is 0.325 e. The van der Waals surface area contributed by atoms with Gasteiger partial charge in [-0.3, -0.25) is 9.59 Å². The minimum absolute atomic E-state index is 0.387. The number of hydrogen-bond acceptors (Lipinski definition) is 5. The first-order valence-corrected chi connectivity index (χ1v) is 8.50. The van der Waals surface area contributed by atoms with E-state index in [-0.39, 0.29) is 5.91 Å². The van der Waals surface area contributed by atoms with Crippen LogP contribution in [0.3, 0.4) is 0 Å². The monoisotopic (exact) mass is 336 g/mol. The predicted molar refractivity (Wildman–Crippen MR) is 87.4 cm³/mol. The van der Waals surface area contributed by atoms with Crippen molar-refractivity contribution in [2.24, 2.45) is 0 Å². The van der Waals surface area contributed by atoms with Crippen molar-refractivity contribution in [2.45, 2.75) is 30.5 Å². The number of aryl methyl sites for hydroxylation is 1. The van der Waals surface area contributed by atoms with E-state index in [0.717, 1.165) is 21.3 Å². The number of rotatable bonds is 6. The first-order chi connectivity index (χ1) is 10.5. The van der Waals surface area contributed by atoms with Gasteiger partial charge in [-0.25, -0.2) is 4.98 Å². The van der Waals surface area contributed by atoms with Crippen molar-refractivity contribution < 1.29 is 14.7 Å². The van der Waals surface area contributed by atoms with Gasteiger partial charge in [-0.15, -0.1) is 23.1 Å². The molecule has 0 unspecified atom stereocenters. The molecule has 1 aromatic carbocycles. The lowest BCUT2D eigenvalue weighted by atomic mass is 10.2. The number of nitrogens with one attached hydrogen (secondary N) is 1. The number of carboxylic acid groups (broad SMARTS) is 1. The van der Waals surface area contributed by atoms with Gasteiger partial charge in [-0.2, -0.15) is 0 Å². The summed E-state index contributed by atoms with van der Waals surface area (Å²) in [5.74, 6) is -0.660. The maximum atomic E-state index is 11.9. The van der Waals surface area contributed by atoms with Crippen LogP contribution in [0.15, 0.2) is 34.5 Å². The third-order valence-corrected chi connectivity index (χ3v) is 4.76. The van der Waals surface area contributed by atoms with Crippen molar-refractivity contribution in [3.63, 3.8) is 0 Å². The number of carbonyl (C=O) groups excluding carboxylic acids is 1. The highest BCUT2D eigenvalue weighted by molar-refractivity contribution is 7.98. The molecule has 0 bridgehead atoms. The molecule has 1 heterocycles. The number of benzene rings is 1. The van der Waals surface area contributed by atoms with E-state index >= 15 is 0 Å². The molecule has 2 N–H and O–H groups in total. The Balaban J connectivity index is 1.92. The minimum atomic E-state index is -1.06. The van der Waals surface area contributed by atoms with E-state index in [0.29, 0.717) is 5.56 Å². The molecule has 0 radical (unpaired) electrons. The summed E-state index contributed by atoms with van der Waals surface area (Å²) in [5, 5.41) is 14.3. The molecule has 7 heteroatoms. The third-order valence-electron chi connectivity index (χ3n) is 2.89. The largest absolute Gasteiger partial charge is 0.480 e. The molecule has 5 nitrogen and oxygen atoms in total. The fourth-order valence-electron chi connectivity index (χ4n) is 1.68. The number of carbonyl (C=O) groups is 2. The van der Waals surface area contributed by atoms with Crippen LogP contribution < -0.4 is 5.32 Å². The molecule has 2 rings (SSSR count). The van der Waals surface area contributed by atoms with Crippen molar-refractivity contribution >= 4 is 35.0 Å². The predicted octanol–water partition coefficient (Wildman–Crippen LogP) is 2.95. The highest BCUT2D eigenvalue weighted by atomic mass is 32.2. The van der Waals surface area contributed by atoms with E-state index in [1.807, 2.05) is 24.4 Å². The summed E-state index contributed by atoms with van der Waals surface area (Å²) in [6, 6.07) is 6.18. The summed E-state index contributed by atoms with van der Waals surface area (Å²) in [5.41, 5.74) is 1.49. The molecule has 0 aliphatic carbocycles. The zero-order valence-corrected chi connectivity index (χ0v) is 13.8. The molecule has 1 aromatic heterocycles. The van der Waals surface area contributed by atoms with Crippen LogP contribution in [0.2, 0.25) is 0 Å². The van der Waals surface area contributed by atoms with Crippen LogP contribution in [0.4, 0.5) is 0 Å². The van der Waals surface area contributed by atoms with Crippen molar-refractivity contribution in [3.8, 4) is 0 Å². The average Bonchev–Trinajstić information content (AvgIpc) is 2.91. The summed E-state index contributed by atoms with van der Waals surface area (Å²) >= 11 is 3.27. The second-order valence-corrected chi connectivity index (χ2v) is 6.82. The number of thiazole rings is 1. The van der Waals surface area contributed by atoms with E-state index in [1.165, 1.54) is 6.92 Å². The fourth-order valence-corrected chi connectivity index (χ4v) is 3.19. The molecule has 1 amide bonds. The van der Waals surface area contributed by atoms with Gasteiger partial charge in [-0.05, 0) is 38.1 Å². The van der Waals surface area contributed by atoms with Gasteiger partial charge in [0.15, 0.2) is 0 Å². The van der Waals surface area contributed by atoms with Gasteiger partial charge < -0.3 is 10.4 Å². The number of carboxylic acids is 1. The topological polar surface area (TPSA) is 79.3 Å². The molecule has 0 fully saturated rings. The minimum Gasteiger partial charge on any atom is -0.480 e. The zero-order chi connectivity index (χ0) is 16.1. The van der Waals surface area contributed by atoms with E-state index in [4.69, 9.17) is 5.11 Å². The van der Waals surface area contributed by atoms with Crippen molar-refractivity contribution in [1.29, 1.82) is 0 Å². The lowest BCUT2D eigenvalue weighted by molar-refractivity contribution is -0.138. The van der Waals surface area contributed by atoms with Gasteiger partial charge in [0.25, 0.3) is 5.91 Å². The highest BCUT2D eigenvalue weighted by Gasteiger charge is 2.15. The van der Waals surface area contributed by atoms with Crippen LogP contribution in [-0.4, -0.2) is 28.0 Å². The maximum Gasteiger partial charge on any atom is 0.325 e. The Labute approximate surface area is 136 Å². The first kappa shape index (κ1) is 16.5. The summed E-state index contributed by atoms with van der Waals surface area (Å²) < 4.78 is 0. The molecular formula is C15H16N2O3S2. The Morgan fingerprint density at radius 1 is 1.36 bits per heavy atom. The van der Waals surface area contributed by atoms with E-state index in [2.05, 4.69) is 10.3 Å². The normalized spacial score (nSPS) is 11.9. The van der Waals surface area contributed by atoms with Crippen LogP contribution in [-0.2, 0) is 10.5 Å². The Morgan fingerprint density at radius 3 is 2.59 bits per heavy atom. The number of thioether (sulfide) groups is 1. The Bertz CT molecular complexity index is 668. The van der Waals surface area contributed by atoms with Crippen molar-refractivity contribution in [1.82, 2.24) is 10.3 Å². The van der Waals surface area contributed by atoms with Crippen molar-refractivity contribution in [3.05, 3.63) is 45.9 Å². The molecule has 0 aliphatic rings. The molecule has 116 valence electrons. The molecule has 22 heavy (non-hydrogen) atoms. The summed E-state index contributed by atoms with van der Waals surface area (Å²) in [7, 11) is 0. The van der Waals surface area contributed by atoms with Gasteiger partial charge in [0.05, 0.1) is 10.7 Å². The SMILES string of the molecule is Cc1nc(CSc2ccc(C(=O)N[C@@H](C)C(=O)O)cc2)cs1. The van der Waals surface area contributed by atoms with E-state index in [1.54, 1.807) is 35.2 Å². The second kappa shape index (κ2) is 7.42. The molecule has 0 spiro atoms.